The number of nitrogens with zero attached hydrogens (tertiary/aromatic N) is 3. The van der Waals surface area contributed by atoms with Gasteiger partial charge in [0.1, 0.15) is 0 Å². The summed E-state index contributed by atoms with van der Waals surface area (Å²) in [6, 6.07) is -0.464. The second-order valence-corrected chi connectivity index (χ2v) is 5.62. The number of sulfone groups is 1. The summed E-state index contributed by atoms with van der Waals surface area (Å²) in [4.78, 5) is 13.7. The number of hydrogen-bond acceptors (Lipinski definition) is 6. The standard InChI is InChI=1S/C8H10N4O4S/c1-11-5-9-7(12(13)14)8(11)10-6-2-3-17(15,16)4-6/h2-3,5-6,10H,4H2,1H3. The molecule has 0 aliphatic carbocycles. The third kappa shape index (κ3) is 2.28. The Labute approximate surface area is 97.0 Å². The normalized spacial score (nSPS) is 21.6. The predicted octanol–water partition coefficient (Wildman–Crippen LogP) is 0.0509. The monoisotopic (exact) mass is 258 g/mol. The van der Waals surface area contributed by atoms with Crippen molar-refractivity contribution >= 4 is 21.5 Å². The summed E-state index contributed by atoms with van der Waals surface area (Å²) >= 11 is 0. The van der Waals surface area contributed by atoms with Gasteiger partial charge >= 0.3 is 5.82 Å². The molecule has 0 fully saturated rings. The van der Waals surface area contributed by atoms with Crippen LogP contribution < -0.4 is 5.32 Å². The molecule has 0 aromatic carbocycles. The Hall–Kier alpha value is -1.90. The Morgan fingerprint density at radius 1 is 1.65 bits per heavy atom. The Bertz CT molecular complexity index is 589. The van der Waals surface area contributed by atoms with E-state index in [-0.39, 0.29) is 17.4 Å². The average molecular weight is 258 g/mol. The molecule has 2 heterocycles. The van der Waals surface area contributed by atoms with E-state index in [9.17, 15) is 18.5 Å². The highest BCUT2D eigenvalue weighted by Crippen LogP contribution is 2.23. The first-order valence-corrected chi connectivity index (χ1v) is 6.44. The lowest BCUT2D eigenvalue weighted by molar-refractivity contribution is -0.388. The molecule has 9 heteroatoms. The summed E-state index contributed by atoms with van der Waals surface area (Å²) in [6.45, 7) is 0. The van der Waals surface area contributed by atoms with Crippen LogP contribution in [0.1, 0.15) is 0 Å². The topological polar surface area (TPSA) is 107 Å². The Balaban J connectivity index is 2.23. The molecule has 17 heavy (non-hydrogen) atoms. The van der Waals surface area contributed by atoms with Gasteiger partial charge in [-0.25, -0.2) is 8.42 Å². The third-order valence-corrected chi connectivity index (χ3v) is 3.74. The van der Waals surface area contributed by atoms with Crippen LogP contribution in [0.4, 0.5) is 11.6 Å². The van der Waals surface area contributed by atoms with Gasteiger partial charge in [0.2, 0.25) is 12.1 Å². The van der Waals surface area contributed by atoms with E-state index in [1.165, 1.54) is 17.0 Å². The number of nitrogens with one attached hydrogen (secondary N) is 1. The quantitative estimate of drug-likeness (QED) is 0.606. The molecule has 0 bridgehead atoms. The highest BCUT2D eigenvalue weighted by Gasteiger charge is 2.26. The summed E-state index contributed by atoms with van der Waals surface area (Å²) in [5, 5.41) is 14.6. The van der Waals surface area contributed by atoms with Gasteiger partial charge in [-0.1, -0.05) is 0 Å². The fraction of sp³-hybridized carbons (Fsp3) is 0.375. The highest BCUT2D eigenvalue weighted by atomic mass is 32.2. The Kier molecular flexibility index (Phi) is 2.62. The van der Waals surface area contributed by atoms with Gasteiger partial charge < -0.3 is 15.4 Å². The van der Waals surface area contributed by atoms with Crippen LogP contribution in [0.25, 0.3) is 0 Å². The largest absolute Gasteiger partial charge is 0.406 e. The molecule has 0 spiro atoms. The lowest BCUT2D eigenvalue weighted by Gasteiger charge is -2.10. The summed E-state index contributed by atoms with van der Waals surface area (Å²) in [5.74, 6) is -0.220. The first kappa shape index (κ1) is 11.6. The number of hydrogen-bond donors (Lipinski definition) is 1. The maximum absolute atomic E-state index is 11.2. The van der Waals surface area contributed by atoms with Gasteiger partial charge in [0.05, 0.1) is 11.8 Å². The van der Waals surface area contributed by atoms with Gasteiger partial charge in [-0.2, -0.15) is 0 Å². The SMILES string of the molecule is Cn1cnc([N+](=O)[O-])c1NC1C=CS(=O)(=O)C1. The molecule has 0 amide bonds. The number of aryl methyl sites for hydroxylation is 1. The third-order valence-electron chi connectivity index (χ3n) is 2.34. The van der Waals surface area contributed by atoms with E-state index in [1.807, 2.05) is 0 Å². The molecular weight excluding hydrogens is 248 g/mol. The minimum atomic E-state index is -3.19. The molecule has 1 unspecified atom stereocenters. The van der Waals surface area contributed by atoms with E-state index in [0.717, 1.165) is 5.41 Å². The van der Waals surface area contributed by atoms with Crippen LogP contribution in [-0.2, 0) is 16.9 Å². The summed E-state index contributed by atoms with van der Waals surface area (Å²) in [6.07, 6.45) is 2.76. The molecule has 2 rings (SSSR count). The van der Waals surface area contributed by atoms with Gasteiger partial charge in [0.15, 0.2) is 9.84 Å². The fourth-order valence-electron chi connectivity index (χ4n) is 1.56. The van der Waals surface area contributed by atoms with Crippen molar-refractivity contribution in [3.8, 4) is 0 Å². The van der Waals surface area contributed by atoms with Gasteiger partial charge in [-0.15, -0.1) is 0 Å². The molecule has 8 nitrogen and oxygen atoms in total. The van der Waals surface area contributed by atoms with Crippen LogP contribution in [0.2, 0.25) is 0 Å². The van der Waals surface area contributed by atoms with Gasteiger partial charge in [-0.05, 0) is 16.0 Å². The van der Waals surface area contributed by atoms with Crippen LogP contribution in [0.5, 0.6) is 0 Å². The highest BCUT2D eigenvalue weighted by molar-refractivity contribution is 7.94. The molecule has 0 saturated carbocycles. The predicted molar refractivity (Wildman–Crippen MR) is 60.2 cm³/mol. The first-order valence-electron chi connectivity index (χ1n) is 4.72. The van der Waals surface area contributed by atoms with Crippen LogP contribution in [0, 0.1) is 10.1 Å². The molecule has 1 atom stereocenters. The molecule has 1 aliphatic heterocycles. The van der Waals surface area contributed by atoms with Crippen molar-refractivity contribution in [2.24, 2.45) is 7.05 Å². The summed E-state index contributed by atoms with van der Waals surface area (Å²) in [5.41, 5.74) is 0. The molecule has 0 radical (unpaired) electrons. The van der Waals surface area contributed by atoms with Crippen molar-refractivity contribution in [3.05, 3.63) is 27.9 Å². The summed E-state index contributed by atoms with van der Waals surface area (Å²) < 4.78 is 23.8. The van der Waals surface area contributed by atoms with Gasteiger partial charge in [0, 0.05) is 12.5 Å². The van der Waals surface area contributed by atoms with Crippen LogP contribution in [0.3, 0.4) is 0 Å². The molecular formula is C8H10N4O4S. The minimum Gasteiger partial charge on any atom is -0.358 e. The fourth-order valence-corrected chi connectivity index (χ4v) is 2.79. The lowest BCUT2D eigenvalue weighted by atomic mass is 10.3. The Morgan fingerprint density at radius 3 is 2.88 bits per heavy atom. The summed E-state index contributed by atoms with van der Waals surface area (Å²) in [7, 11) is -1.59. The van der Waals surface area contributed by atoms with Gasteiger partial charge in [0.25, 0.3) is 0 Å². The van der Waals surface area contributed by atoms with Crippen molar-refractivity contribution in [2.45, 2.75) is 6.04 Å². The van der Waals surface area contributed by atoms with Crippen LogP contribution in [-0.4, -0.2) is 34.7 Å². The molecule has 1 N–H and O–H groups in total. The molecule has 1 aromatic rings. The van der Waals surface area contributed by atoms with E-state index in [2.05, 4.69) is 10.3 Å². The van der Waals surface area contributed by atoms with Crippen molar-refractivity contribution < 1.29 is 13.3 Å². The number of anilines is 1. The minimum absolute atomic E-state index is 0.102. The van der Waals surface area contributed by atoms with Crippen molar-refractivity contribution in [3.63, 3.8) is 0 Å². The first-order chi connectivity index (χ1) is 7.89. The zero-order chi connectivity index (χ0) is 12.6. The Morgan fingerprint density at radius 2 is 2.35 bits per heavy atom. The molecule has 1 aromatic heterocycles. The number of nitro groups is 1. The van der Waals surface area contributed by atoms with Crippen molar-refractivity contribution in [1.29, 1.82) is 0 Å². The number of aromatic nitrogens is 2. The molecule has 92 valence electrons. The van der Waals surface area contributed by atoms with Crippen LogP contribution >= 0.6 is 0 Å². The number of rotatable bonds is 3. The van der Waals surface area contributed by atoms with Crippen LogP contribution in [0.15, 0.2) is 17.8 Å². The van der Waals surface area contributed by atoms with Gasteiger partial charge in [-0.3, -0.25) is 4.57 Å². The zero-order valence-electron chi connectivity index (χ0n) is 8.90. The number of imidazole rings is 1. The van der Waals surface area contributed by atoms with Crippen molar-refractivity contribution in [1.82, 2.24) is 9.55 Å². The van der Waals surface area contributed by atoms with E-state index in [0.29, 0.717) is 0 Å². The maximum atomic E-state index is 11.2. The van der Waals surface area contributed by atoms with Crippen molar-refractivity contribution in [2.75, 3.05) is 11.1 Å². The second-order valence-electron chi connectivity index (χ2n) is 3.69. The second kappa shape index (κ2) is 3.84. The average Bonchev–Trinajstić information content (AvgIpc) is 2.72. The smallest absolute Gasteiger partial charge is 0.358 e. The zero-order valence-corrected chi connectivity index (χ0v) is 9.72. The van der Waals surface area contributed by atoms with E-state index < -0.39 is 20.8 Å². The van der Waals surface area contributed by atoms with E-state index >= 15 is 0 Å². The molecule has 1 aliphatic rings. The van der Waals surface area contributed by atoms with E-state index in [1.54, 1.807) is 7.05 Å². The lowest BCUT2D eigenvalue weighted by Crippen LogP contribution is -2.22. The maximum Gasteiger partial charge on any atom is 0.406 e. The van der Waals surface area contributed by atoms with E-state index in [4.69, 9.17) is 0 Å². The molecule has 0 saturated heterocycles.